The Morgan fingerprint density at radius 1 is 1.24 bits per heavy atom. The molecular formula is C19H18BNO4. The molecule has 0 aromatic heterocycles. The van der Waals surface area contributed by atoms with Crippen LogP contribution in [0.5, 0.6) is 0 Å². The molecule has 0 bridgehead atoms. The van der Waals surface area contributed by atoms with Crippen LogP contribution in [-0.2, 0) is 24.1 Å². The average molecular weight is 335 g/mol. The van der Waals surface area contributed by atoms with Crippen molar-refractivity contribution in [2.75, 3.05) is 0 Å². The van der Waals surface area contributed by atoms with Crippen LogP contribution >= 0.6 is 0 Å². The van der Waals surface area contributed by atoms with Crippen LogP contribution in [0.2, 0.25) is 0 Å². The lowest BCUT2D eigenvalue weighted by Gasteiger charge is -2.24. The van der Waals surface area contributed by atoms with Gasteiger partial charge in [-0.3, -0.25) is 9.59 Å². The van der Waals surface area contributed by atoms with E-state index in [1.807, 2.05) is 18.2 Å². The zero-order valence-corrected chi connectivity index (χ0v) is 13.7. The van der Waals surface area contributed by atoms with Gasteiger partial charge in [-0.25, -0.2) is 0 Å². The van der Waals surface area contributed by atoms with E-state index in [0.29, 0.717) is 24.2 Å². The number of fused-ring (bicyclic) bond motifs is 2. The van der Waals surface area contributed by atoms with Crippen molar-refractivity contribution in [2.24, 2.45) is 11.7 Å². The van der Waals surface area contributed by atoms with Gasteiger partial charge in [-0.05, 0) is 53.5 Å². The van der Waals surface area contributed by atoms with Crippen molar-refractivity contribution >= 4 is 24.3 Å². The summed E-state index contributed by atoms with van der Waals surface area (Å²) in [5.74, 6) is -0.463. The number of carbonyl (C=O) groups is 2. The molecule has 3 N–H and O–H groups in total. The smallest absolute Gasteiger partial charge is 0.423 e. The third kappa shape index (κ3) is 2.88. The number of nitrogens with two attached hydrogens (primary N) is 1. The van der Waals surface area contributed by atoms with Gasteiger partial charge in [0, 0.05) is 17.0 Å². The third-order valence-electron chi connectivity index (χ3n) is 5.14. The van der Waals surface area contributed by atoms with Crippen LogP contribution in [0.1, 0.15) is 43.8 Å². The number of rotatable bonds is 3. The van der Waals surface area contributed by atoms with Crippen LogP contribution in [0.4, 0.5) is 0 Å². The van der Waals surface area contributed by atoms with E-state index in [4.69, 9.17) is 10.4 Å². The first-order valence-electron chi connectivity index (χ1n) is 8.41. The molecule has 2 aromatic carbocycles. The Balaban J connectivity index is 1.56. The lowest BCUT2D eigenvalue weighted by Crippen LogP contribution is -2.29. The van der Waals surface area contributed by atoms with Crippen molar-refractivity contribution in [3.63, 3.8) is 0 Å². The Bertz CT molecular complexity index is 880. The molecule has 1 unspecified atom stereocenters. The molecule has 1 aliphatic heterocycles. The predicted octanol–water partition coefficient (Wildman–Crippen LogP) is 0.991. The molecule has 6 heteroatoms. The van der Waals surface area contributed by atoms with Gasteiger partial charge in [0.2, 0.25) is 5.91 Å². The number of hydrogen-bond donors (Lipinski definition) is 2. The number of aryl methyl sites for hydroxylation is 1. The van der Waals surface area contributed by atoms with Crippen molar-refractivity contribution in [1.29, 1.82) is 0 Å². The Morgan fingerprint density at radius 2 is 2.08 bits per heavy atom. The van der Waals surface area contributed by atoms with Gasteiger partial charge in [0.15, 0.2) is 5.78 Å². The highest BCUT2D eigenvalue weighted by molar-refractivity contribution is 6.61. The lowest BCUT2D eigenvalue weighted by molar-refractivity contribution is 0.0899. The molecule has 0 saturated carbocycles. The largest absolute Gasteiger partial charge is 0.491 e. The van der Waals surface area contributed by atoms with E-state index in [0.717, 1.165) is 35.0 Å². The van der Waals surface area contributed by atoms with Crippen molar-refractivity contribution in [3.8, 4) is 0 Å². The number of Topliss-reactive ketones (excluding diaryl/α,β-unsaturated/α-hetero) is 1. The first-order valence-corrected chi connectivity index (χ1v) is 8.41. The Morgan fingerprint density at radius 3 is 2.88 bits per heavy atom. The second-order valence-corrected chi connectivity index (χ2v) is 6.74. The molecule has 0 fully saturated rings. The van der Waals surface area contributed by atoms with Crippen molar-refractivity contribution in [2.45, 2.75) is 25.9 Å². The molecule has 1 atom stereocenters. The minimum atomic E-state index is -0.870. The molecule has 4 rings (SSSR count). The van der Waals surface area contributed by atoms with Gasteiger partial charge in [0.25, 0.3) is 0 Å². The standard InChI is InChI=1S/C19H18BNO4/c21-19(23)14-5-6-16-12(9-14)3-4-13(18(16)22)7-11-1-2-15-10-25-20(24)17(15)8-11/h1-2,5-6,8-9,13,24H,3-4,7,10H2,(H2,21,23). The fourth-order valence-corrected chi connectivity index (χ4v) is 3.75. The third-order valence-corrected chi connectivity index (χ3v) is 5.14. The maximum Gasteiger partial charge on any atom is 0.491 e. The number of amides is 1. The first kappa shape index (κ1) is 16.1. The molecule has 2 aromatic rings. The van der Waals surface area contributed by atoms with E-state index in [9.17, 15) is 14.6 Å². The molecule has 25 heavy (non-hydrogen) atoms. The SMILES string of the molecule is NC(=O)c1ccc2c(c1)CCC(Cc1ccc3c(c1)B(O)OC3)C2=O. The zero-order valence-electron chi connectivity index (χ0n) is 13.7. The summed E-state index contributed by atoms with van der Waals surface area (Å²) in [7, 11) is -0.870. The summed E-state index contributed by atoms with van der Waals surface area (Å²) in [6.07, 6.45) is 2.13. The van der Waals surface area contributed by atoms with Gasteiger partial charge in [-0.1, -0.05) is 24.3 Å². The van der Waals surface area contributed by atoms with Gasteiger partial charge >= 0.3 is 7.12 Å². The topological polar surface area (TPSA) is 89.6 Å². The van der Waals surface area contributed by atoms with E-state index in [-0.39, 0.29) is 11.7 Å². The highest BCUT2D eigenvalue weighted by atomic mass is 16.5. The maximum atomic E-state index is 12.8. The Kier molecular flexibility index (Phi) is 3.94. The van der Waals surface area contributed by atoms with E-state index in [1.165, 1.54) is 0 Å². The minimum Gasteiger partial charge on any atom is -0.423 e. The molecular weight excluding hydrogens is 317 g/mol. The number of ketones is 1. The Hall–Kier alpha value is -2.44. The highest BCUT2D eigenvalue weighted by Crippen LogP contribution is 2.29. The maximum absolute atomic E-state index is 12.8. The van der Waals surface area contributed by atoms with E-state index < -0.39 is 13.0 Å². The fourth-order valence-electron chi connectivity index (χ4n) is 3.75. The first-order chi connectivity index (χ1) is 12.0. The summed E-state index contributed by atoms with van der Waals surface area (Å²) in [6.45, 7) is 0.425. The molecule has 0 saturated heterocycles. The summed E-state index contributed by atoms with van der Waals surface area (Å²) in [5.41, 5.74) is 10.2. The molecule has 2 aliphatic rings. The van der Waals surface area contributed by atoms with Crippen LogP contribution < -0.4 is 11.2 Å². The molecule has 1 heterocycles. The summed E-state index contributed by atoms with van der Waals surface area (Å²) in [5, 5.41) is 9.84. The van der Waals surface area contributed by atoms with Crippen LogP contribution in [0.3, 0.4) is 0 Å². The van der Waals surface area contributed by atoms with E-state index >= 15 is 0 Å². The summed E-state index contributed by atoms with van der Waals surface area (Å²) < 4.78 is 5.22. The normalized spacial score (nSPS) is 18.8. The Labute approximate surface area is 145 Å². The molecule has 0 spiro atoms. The monoisotopic (exact) mass is 335 g/mol. The van der Waals surface area contributed by atoms with Gasteiger partial charge in [0.1, 0.15) is 0 Å². The second-order valence-electron chi connectivity index (χ2n) is 6.74. The van der Waals surface area contributed by atoms with Crippen LogP contribution in [-0.4, -0.2) is 23.8 Å². The van der Waals surface area contributed by atoms with Crippen LogP contribution in [0.15, 0.2) is 36.4 Å². The lowest BCUT2D eigenvalue weighted by atomic mass is 9.76. The summed E-state index contributed by atoms with van der Waals surface area (Å²) in [4.78, 5) is 24.1. The van der Waals surface area contributed by atoms with Gasteiger partial charge < -0.3 is 15.4 Å². The van der Waals surface area contributed by atoms with Crippen molar-refractivity contribution in [1.82, 2.24) is 0 Å². The zero-order chi connectivity index (χ0) is 17.6. The molecule has 5 nitrogen and oxygen atoms in total. The molecule has 126 valence electrons. The van der Waals surface area contributed by atoms with Crippen LogP contribution in [0, 0.1) is 5.92 Å². The quantitative estimate of drug-likeness (QED) is 0.819. The minimum absolute atomic E-state index is 0.0931. The van der Waals surface area contributed by atoms with Gasteiger partial charge in [-0.15, -0.1) is 0 Å². The number of carbonyl (C=O) groups excluding carboxylic acids is 2. The number of hydrogen-bond acceptors (Lipinski definition) is 4. The van der Waals surface area contributed by atoms with Gasteiger partial charge in [0.05, 0.1) is 6.61 Å². The van der Waals surface area contributed by atoms with Crippen molar-refractivity contribution < 1.29 is 19.3 Å². The highest BCUT2D eigenvalue weighted by Gasteiger charge is 2.30. The van der Waals surface area contributed by atoms with E-state index in [2.05, 4.69) is 0 Å². The summed E-state index contributed by atoms with van der Waals surface area (Å²) in [6, 6.07) is 11.0. The number of primary amides is 1. The predicted molar refractivity (Wildman–Crippen MR) is 93.6 cm³/mol. The molecule has 0 radical (unpaired) electrons. The number of benzene rings is 2. The second kappa shape index (κ2) is 6.13. The fraction of sp³-hybridized carbons (Fsp3) is 0.263. The van der Waals surface area contributed by atoms with Gasteiger partial charge in [-0.2, -0.15) is 0 Å². The summed E-state index contributed by atoms with van der Waals surface area (Å²) >= 11 is 0. The van der Waals surface area contributed by atoms with Crippen LogP contribution in [0.25, 0.3) is 0 Å². The van der Waals surface area contributed by atoms with E-state index in [1.54, 1.807) is 18.2 Å². The molecule has 1 amide bonds. The average Bonchev–Trinajstić information content (AvgIpc) is 2.98. The van der Waals surface area contributed by atoms with Crippen molar-refractivity contribution in [3.05, 3.63) is 64.2 Å². The molecule has 1 aliphatic carbocycles.